The van der Waals surface area contributed by atoms with Gasteiger partial charge in [-0.15, -0.1) is 0 Å². The molecule has 3 nitrogen and oxygen atoms in total. The van der Waals surface area contributed by atoms with E-state index in [0.29, 0.717) is 9.92 Å². The van der Waals surface area contributed by atoms with Crippen LogP contribution in [0.1, 0.15) is 6.42 Å². The largest absolute Gasteiger partial charge is 0.481 e. The summed E-state index contributed by atoms with van der Waals surface area (Å²) in [6.07, 6.45) is -0.0981. The van der Waals surface area contributed by atoms with E-state index in [2.05, 4.69) is 0 Å². The Hall–Kier alpha value is -0.870. The van der Waals surface area contributed by atoms with Crippen LogP contribution in [0.15, 0.2) is 29.2 Å². The third-order valence-electron chi connectivity index (χ3n) is 1.56. The molecule has 1 N–H and O–H groups in total. The standard InChI is InChI=1S/C9H9ClO3S/c10-7-2-1-3-8(6-7)14(13)5-4-9(11)12/h1-3,6H,4-5H2,(H,11,12). The normalized spacial score (nSPS) is 12.4. The highest BCUT2D eigenvalue weighted by Crippen LogP contribution is 2.14. The predicted molar refractivity (Wildman–Crippen MR) is 55.0 cm³/mol. The predicted octanol–water partition coefficient (Wildman–Crippen LogP) is 1.92. The molecule has 0 spiro atoms. The highest BCUT2D eigenvalue weighted by molar-refractivity contribution is 7.85. The fraction of sp³-hybridized carbons (Fsp3) is 0.222. The van der Waals surface area contributed by atoms with Crippen LogP contribution in [0, 0.1) is 0 Å². The Balaban J connectivity index is 2.65. The second-order valence-electron chi connectivity index (χ2n) is 2.65. The minimum atomic E-state index is -1.28. The first-order valence-corrected chi connectivity index (χ1v) is 5.65. The second-order valence-corrected chi connectivity index (χ2v) is 4.66. The fourth-order valence-electron chi connectivity index (χ4n) is 0.906. The molecule has 0 saturated heterocycles. The molecule has 0 heterocycles. The zero-order chi connectivity index (χ0) is 10.6. The lowest BCUT2D eigenvalue weighted by molar-refractivity contribution is -0.136. The first-order chi connectivity index (χ1) is 6.59. The molecule has 1 aromatic carbocycles. The Kier molecular flexibility index (Phi) is 4.10. The molecular weight excluding hydrogens is 224 g/mol. The Morgan fingerprint density at radius 3 is 2.79 bits per heavy atom. The van der Waals surface area contributed by atoms with Crippen LogP contribution in [0.25, 0.3) is 0 Å². The van der Waals surface area contributed by atoms with Gasteiger partial charge in [0, 0.05) is 15.7 Å². The number of aliphatic carboxylic acids is 1. The molecule has 0 radical (unpaired) electrons. The first-order valence-electron chi connectivity index (χ1n) is 3.95. The van der Waals surface area contributed by atoms with Crippen LogP contribution in [-0.4, -0.2) is 21.0 Å². The summed E-state index contributed by atoms with van der Waals surface area (Å²) in [4.78, 5) is 10.8. The van der Waals surface area contributed by atoms with Gasteiger partial charge < -0.3 is 5.11 Å². The van der Waals surface area contributed by atoms with Gasteiger partial charge in [-0.3, -0.25) is 9.00 Å². The second kappa shape index (κ2) is 5.12. The van der Waals surface area contributed by atoms with Crippen LogP contribution in [0.2, 0.25) is 5.02 Å². The van der Waals surface area contributed by atoms with Crippen molar-refractivity contribution in [2.45, 2.75) is 11.3 Å². The van der Waals surface area contributed by atoms with E-state index in [1.54, 1.807) is 24.3 Å². The fourth-order valence-corrected chi connectivity index (χ4v) is 2.25. The molecule has 0 fully saturated rings. The Labute approximate surface area is 89.2 Å². The summed E-state index contributed by atoms with van der Waals surface area (Å²) in [6.45, 7) is 0. The average molecular weight is 233 g/mol. The van der Waals surface area contributed by atoms with E-state index in [0.717, 1.165) is 0 Å². The minimum absolute atomic E-state index is 0.0981. The molecule has 0 amide bonds. The van der Waals surface area contributed by atoms with Crippen molar-refractivity contribution in [2.24, 2.45) is 0 Å². The molecule has 0 aliphatic rings. The van der Waals surface area contributed by atoms with E-state index in [9.17, 15) is 9.00 Å². The van der Waals surface area contributed by atoms with Crippen molar-refractivity contribution in [3.8, 4) is 0 Å². The SMILES string of the molecule is O=C(O)CCS(=O)c1cccc(Cl)c1. The van der Waals surface area contributed by atoms with Crippen LogP contribution in [0.5, 0.6) is 0 Å². The van der Waals surface area contributed by atoms with Crippen LogP contribution in [0.4, 0.5) is 0 Å². The molecular formula is C9H9ClO3S. The van der Waals surface area contributed by atoms with Gasteiger partial charge in [-0.25, -0.2) is 0 Å². The van der Waals surface area contributed by atoms with Crippen molar-refractivity contribution in [3.05, 3.63) is 29.3 Å². The summed E-state index contributed by atoms with van der Waals surface area (Å²) in [7, 11) is -1.28. The van der Waals surface area contributed by atoms with E-state index < -0.39 is 16.8 Å². The lowest BCUT2D eigenvalue weighted by Gasteiger charge is -2.00. The van der Waals surface area contributed by atoms with Crippen molar-refractivity contribution in [2.75, 3.05) is 5.75 Å². The van der Waals surface area contributed by atoms with Crippen molar-refractivity contribution in [3.63, 3.8) is 0 Å². The molecule has 0 bridgehead atoms. The Bertz CT molecular complexity index is 365. The van der Waals surface area contributed by atoms with Crippen molar-refractivity contribution >= 4 is 28.4 Å². The topological polar surface area (TPSA) is 54.4 Å². The Morgan fingerprint density at radius 2 is 2.21 bits per heavy atom. The van der Waals surface area contributed by atoms with Gasteiger partial charge >= 0.3 is 5.97 Å². The van der Waals surface area contributed by atoms with Gasteiger partial charge in [0.15, 0.2) is 0 Å². The number of carboxylic acids is 1. The maximum Gasteiger partial charge on any atom is 0.304 e. The summed E-state index contributed by atoms with van der Waals surface area (Å²) in [5, 5.41) is 8.91. The molecule has 14 heavy (non-hydrogen) atoms. The van der Waals surface area contributed by atoms with Gasteiger partial charge in [-0.2, -0.15) is 0 Å². The maximum atomic E-state index is 11.5. The molecule has 1 aromatic rings. The van der Waals surface area contributed by atoms with Gasteiger partial charge in [-0.05, 0) is 18.2 Å². The zero-order valence-electron chi connectivity index (χ0n) is 7.27. The number of carboxylic acid groups (broad SMARTS) is 1. The average Bonchev–Trinajstić information content (AvgIpc) is 2.14. The van der Waals surface area contributed by atoms with Crippen LogP contribution in [-0.2, 0) is 15.6 Å². The van der Waals surface area contributed by atoms with Gasteiger partial charge in [0.25, 0.3) is 0 Å². The van der Waals surface area contributed by atoms with Gasteiger partial charge in [0.05, 0.1) is 17.2 Å². The minimum Gasteiger partial charge on any atom is -0.481 e. The summed E-state index contributed by atoms with van der Waals surface area (Å²) in [6, 6.07) is 6.62. The summed E-state index contributed by atoms with van der Waals surface area (Å²) in [5.74, 6) is -0.823. The van der Waals surface area contributed by atoms with Crippen molar-refractivity contribution < 1.29 is 14.1 Å². The van der Waals surface area contributed by atoms with Crippen LogP contribution < -0.4 is 0 Å². The molecule has 0 aliphatic heterocycles. The third kappa shape index (κ3) is 3.47. The smallest absolute Gasteiger partial charge is 0.304 e. The van der Waals surface area contributed by atoms with Crippen LogP contribution >= 0.6 is 11.6 Å². The quantitative estimate of drug-likeness (QED) is 0.863. The van der Waals surface area contributed by atoms with E-state index in [1.165, 1.54) is 0 Å². The highest BCUT2D eigenvalue weighted by atomic mass is 35.5. The van der Waals surface area contributed by atoms with Crippen LogP contribution in [0.3, 0.4) is 0 Å². The summed E-state index contributed by atoms with van der Waals surface area (Å²) >= 11 is 5.70. The van der Waals surface area contributed by atoms with Crippen molar-refractivity contribution in [1.82, 2.24) is 0 Å². The lowest BCUT2D eigenvalue weighted by Crippen LogP contribution is -2.04. The molecule has 5 heteroatoms. The number of halogens is 1. The molecule has 1 atom stereocenters. The maximum absolute atomic E-state index is 11.5. The van der Waals surface area contributed by atoms with Crippen molar-refractivity contribution in [1.29, 1.82) is 0 Å². The van der Waals surface area contributed by atoms with Gasteiger partial charge in [-0.1, -0.05) is 17.7 Å². The number of hydrogen-bond donors (Lipinski definition) is 1. The molecule has 0 aliphatic carbocycles. The number of hydrogen-bond acceptors (Lipinski definition) is 2. The summed E-state index contributed by atoms with van der Waals surface area (Å²) < 4.78 is 11.5. The highest BCUT2D eigenvalue weighted by Gasteiger charge is 2.06. The van der Waals surface area contributed by atoms with Gasteiger partial charge in [0.2, 0.25) is 0 Å². The molecule has 0 aromatic heterocycles. The van der Waals surface area contributed by atoms with E-state index in [-0.39, 0.29) is 12.2 Å². The molecule has 1 unspecified atom stereocenters. The number of rotatable bonds is 4. The monoisotopic (exact) mass is 232 g/mol. The Morgan fingerprint density at radius 1 is 1.50 bits per heavy atom. The number of benzene rings is 1. The summed E-state index contributed by atoms with van der Waals surface area (Å²) in [5.41, 5.74) is 0. The van der Waals surface area contributed by atoms with E-state index >= 15 is 0 Å². The molecule has 1 rings (SSSR count). The molecule has 76 valence electrons. The van der Waals surface area contributed by atoms with Gasteiger partial charge in [0.1, 0.15) is 0 Å². The molecule has 0 saturated carbocycles. The lowest BCUT2D eigenvalue weighted by atomic mass is 10.4. The number of carbonyl (C=O) groups is 1. The van der Waals surface area contributed by atoms with E-state index in [1.807, 2.05) is 0 Å². The zero-order valence-corrected chi connectivity index (χ0v) is 8.85. The first kappa shape index (κ1) is 11.2. The third-order valence-corrected chi connectivity index (χ3v) is 3.15. The van der Waals surface area contributed by atoms with E-state index in [4.69, 9.17) is 16.7 Å².